The molecule has 1 heterocycles. The van der Waals surface area contributed by atoms with E-state index in [-0.39, 0.29) is 31.1 Å². The lowest BCUT2D eigenvalue weighted by Gasteiger charge is -2.22. The topological polar surface area (TPSA) is 105 Å². The molecule has 0 aromatic heterocycles. The Morgan fingerprint density at radius 2 is 1.69 bits per heavy atom. The second kappa shape index (κ2) is 9.36. The molecule has 154 valence electrons. The predicted molar refractivity (Wildman–Crippen MR) is 106 cm³/mol. The number of carbonyl (C=O) groups is 2. The summed E-state index contributed by atoms with van der Waals surface area (Å²) >= 11 is 6.01. The molecule has 29 heavy (non-hydrogen) atoms. The highest BCUT2D eigenvalue weighted by Crippen LogP contribution is 2.21. The lowest BCUT2D eigenvalue weighted by Crippen LogP contribution is -2.47. The highest BCUT2D eigenvalue weighted by atomic mass is 35.5. The Labute approximate surface area is 173 Å². The Bertz CT molecular complexity index is 984. The Kier molecular flexibility index (Phi) is 6.86. The molecule has 1 unspecified atom stereocenters. The summed E-state index contributed by atoms with van der Waals surface area (Å²) in [5.74, 6) is -1.73. The summed E-state index contributed by atoms with van der Waals surface area (Å²) in [6.07, 6.45) is -0.888. The first-order valence-corrected chi connectivity index (χ1v) is 10.7. The van der Waals surface area contributed by atoms with Gasteiger partial charge < -0.3 is 15.4 Å². The van der Waals surface area contributed by atoms with Gasteiger partial charge >= 0.3 is 11.8 Å². The summed E-state index contributed by atoms with van der Waals surface area (Å²) in [6.45, 7) is 0.312. The van der Waals surface area contributed by atoms with Gasteiger partial charge in [-0.05, 0) is 23.8 Å². The molecule has 1 atom stereocenters. The van der Waals surface area contributed by atoms with Crippen molar-refractivity contribution in [2.75, 3.05) is 19.7 Å². The number of ether oxygens (including phenoxy) is 1. The molecule has 2 aromatic carbocycles. The van der Waals surface area contributed by atoms with Gasteiger partial charge in [-0.2, -0.15) is 4.31 Å². The number of carbonyl (C=O) groups excluding carboxylic acids is 2. The highest BCUT2D eigenvalue weighted by Gasteiger charge is 2.36. The summed E-state index contributed by atoms with van der Waals surface area (Å²) in [6, 6.07) is 14.9. The van der Waals surface area contributed by atoms with E-state index in [1.165, 1.54) is 16.4 Å². The minimum absolute atomic E-state index is 0.0976. The number of benzene rings is 2. The average Bonchev–Trinajstić information content (AvgIpc) is 3.21. The van der Waals surface area contributed by atoms with Gasteiger partial charge in [-0.15, -0.1) is 0 Å². The van der Waals surface area contributed by atoms with Crippen LogP contribution in [0.25, 0.3) is 0 Å². The van der Waals surface area contributed by atoms with Gasteiger partial charge in [-0.1, -0.05) is 48.0 Å². The fraction of sp³-hybridized carbons (Fsp3) is 0.263. The molecule has 1 saturated heterocycles. The number of nitrogens with zero attached hydrogens (tertiary/aromatic N) is 1. The minimum atomic E-state index is -3.77. The molecular formula is C19H20ClN3O5S. The third-order valence-corrected chi connectivity index (χ3v) is 6.61. The van der Waals surface area contributed by atoms with Crippen molar-refractivity contribution in [2.24, 2.45) is 0 Å². The van der Waals surface area contributed by atoms with Crippen molar-refractivity contribution >= 4 is 33.4 Å². The van der Waals surface area contributed by atoms with Crippen molar-refractivity contribution < 1.29 is 22.7 Å². The van der Waals surface area contributed by atoms with E-state index < -0.39 is 28.1 Å². The number of hydrogen-bond acceptors (Lipinski definition) is 5. The van der Waals surface area contributed by atoms with Gasteiger partial charge in [-0.3, -0.25) is 9.59 Å². The van der Waals surface area contributed by atoms with Crippen molar-refractivity contribution in [2.45, 2.75) is 17.7 Å². The van der Waals surface area contributed by atoms with E-state index in [1.807, 2.05) is 0 Å². The van der Waals surface area contributed by atoms with Crippen molar-refractivity contribution in [3.63, 3.8) is 0 Å². The summed E-state index contributed by atoms with van der Waals surface area (Å²) < 4.78 is 32.1. The quantitative estimate of drug-likeness (QED) is 0.659. The van der Waals surface area contributed by atoms with Crippen molar-refractivity contribution in [3.05, 3.63) is 65.2 Å². The summed E-state index contributed by atoms with van der Waals surface area (Å²) in [7, 11) is -3.77. The largest absolute Gasteiger partial charge is 0.359 e. The number of rotatable bonds is 6. The SMILES string of the molecule is O=C(NCc1ccccc1Cl)C(=O)NCC1OCCN1S(=O)(=O)c1ccccc1. The first kappa shape index (κ1) is 21.3. The summed E-state index contributed by atoms with van der Waals surface area (Å²) in [4.78, 5) is 24.2. The van der Waals surface area contributed by atoms with E-state index in [0.29, 0.717) is 10.6 Å². The molecule has 3 rings (SSSR count). The first-order valence-electron chi connectivity index (χ1n) is 8.87. The fourth-order valence-electron chi connectivity index (χ4n) is 2.83. The molecular weight excluding hydrogens is 418 g/mol. The van der Waals surface area contributed by atoms with Crippen LogP contribution in [0, 0.1) is 0 Å². The molecule has 0 bridgehead atoms. The monoisotopic (exact) mass is 437 g/mol. The molecule has 1 aliphatic rings. The Morgan fingerprint density at radius 3 is 2.41 bits per heavy atom. The van der Waals surface area contributed by atoms with E-state index in [1.54, 1.807) is 42.5 Å². The van der Waals surface area contributed by atoms with Gasteiger partial charge in [0.25, 0.3) is 0 Å². The number of nitrogens with one attached hydrogen (secondary N) is 2. The molecule has 2 aromatic rings. The molecule has 0 radical (unpaired) electrons. The Balaban J connectivity index is 1.55. The lowest BCUT2D eigenvalue weighted by atomic mass is 10.2. The maximum absolute atomic E-state index is 12.8. The fourth-order valence-corrected chi connectivity index (χ4v) is 4.56. The minimum Gasteiger partial charge on any atom is -0.359 e. The van der Waals surface area contributed by atoms with Crippen LogP contribution in [0.4, 0.5) is 0 Å². The van der Waals surface area contributed by atoms with Gasteiger partial charge in [0.2, 0.25) is 10.0 Å². The molecule has 0 saturated carbocycles. The number of sulfonamides is 1. The van der Waals surface area contributed by atoms with Crippen LogP contribution in [0.15, 0.2) is 59.5 Å². The van der Waals surface area contributed by atoms with Gasteiger partial charge in [-0.25, -0.2) is 8.42 Å². The molecule has 0 spiro atoms. The molecule has 2 amide bonds. The predicted octanol–water partition coefficient (Wildman–Crippen LogP) is 1.12. The van der Waals surface area contributed by atoms with Crippen LogP contribution in [-0.4, -0.2) is 50.5 Å². The van der Waals surface area contributed by atoms with E-state index in [9.17, 15) is 18.0 Å². The van der Waals surface area contributed by atoms with Gasteiger partial charge in [0.1, 0.15) is 6.23 Å². The maximum Gasteiger partial charge on any atom is 0.309 e. The van der Waals surface area contributed by atoms with Crippen LogP contribution in [-0.2, 0) is 30.9 Å². The van der Waals surface area contributed by atoms with Crippen molar-refractivity contribution in [1.29, 1.82) is 0 Å². The Morgan fingerprint density at radius 1 is 1.03 bits per heavy atom. The van der Waals surface area contributed by atoms with Crippen molar-refractivity contribution in [3.8, 4) is 0 Å². The third kappa shape index (κ3) is 5.13. The Hall–Kier alpha value is -2.46. The number of amides is 2. The molecule has 8 nitrogen and oxygen atoms in total. The van der Waals surface area contributed by atoms with E-state index in [0.717, 1.165) is 0 Å². The molecule has 1 aliphatic heterocycles. The smallest absolute Gasteiger partial charge is 0.309 e. The van der Waals surface area contributed by atoms with Crippen molar-refractivity contribution in [1.82, 2.24) is 14.9 Å². The number of halogens is 1. The molecule has 2 N–H and O–H groups in total. The number of hydrogen-bond donors (Lipinski definition) is 2. The zero-order chi connectivity index (χ0) is 20.9. The zero-order valence-electron chi connectivity index (χ0n) is 15.4. The normalized spacial score (nSPS) is 17.1. The second-order valence-corrected chi connectivity index (χ2v) is 8.54. The molecule has 1 fully saturated rings. The van der Waals surface area contributed by atoms with Crippen LogP contribution < -0.4 is 10.6 Å². The summed E-state index contributed by atoms with van der Waals surface area (Å²) in [5.41, 5.74) is 0.676. The second-order valence-electron chi connectivity index (χ2n) is 6.24. The van der Waals surface area contributed by atoms with Gasteiger partial charge in [0.05, 0.1) is 18.0 Å². The maximum atomic E-state index is 12.8. The standard InChI is InChI=1S/C19H20ClN3O5S/c20-16-9-5-4-6-14(16)12-21-18(24)19(25)22-13-17-23(10-11-28-17)29(26,27)15-7-2-1-3-8-15/h1-9,17H,10-13H2,(H,21,24)(H,22,25). The van der Waals surface area contributed by atoms with Gasteiger partial charge in [0.15, 0.2) is 0 Å². The summed E-state index contributed by atoms with van der Waals surface area (Å²) in [5, 5.41) is 5.37. The van der Waals surface area contributed by atoms with Gasteiger partial charge in [0, 0.05) is 18.1 Å². The average molecular weight is 438 g/mol. The van der Waals surface area contributed by atoms with E-state index in [4.69, 9.17) is 16.3 Å². The van der Waals surface area contributed by atoms with Crippen LogP contribution in [0.3, 0.4) is 0 Å². The van der Waals surface area contributed by atoms with E-state index in [2.05, 4.69) is 10.6 Å². The lowest BCUT2D eigenvalue weighted by molar-refractivity contribution is -0.139. The van der Waals surface area contributed by atoms with Crippen LogP contribution in [0.1, 0.15) is 5.56 Å². The zero-order valence-corrected chi connectivity index (χ0v) is 16.9. The van der Waals surface area contributed by atoms with Crippen LogP contribution in [0.5, 0.6) is 0 Å². The van der Waals surface area contributed by atoms with Crippen LogP contribution >= 0.6 is 11.6 Å². The van der Waals surface area contributed by atoms with Crippen LogP contribution in [0.2, 0.25) is 5.02 Å². The molecule has 10 heteroatoms. The first-order chi connectivity index (χ1) is 13.9. The highest BCUT2D eigenvalue weighted by molar-refractivity contribution is 7.89. The third-order valence-electron chi connectivity index (χ3n) is 4.33. The molecule has 0 aliphatic carbocycles. The van der Waals surface area contributed by atoms with E-state index >= 15 is 0 Å².